The van der Waals surface area contributed by atoms with Gasteiger partial charge in [0.05, 0.1) is 19.1 Å². The smallest absolute Gasteiger partial charge is 0.318 e. The van der Waals surface area contributed by atoms with Crippen molar-refractivity contribution in [3.8, 4) is 17.3 Å². The number of hydrogen-bond acceptors (Lipinski definition) is 8. The van der Waals surface area contributed by atoms with E-state index in [0.29, 0.717) is 61.1 Å². The van der Waals surface area contributed by atoms with Crippen molar-refractivity contribution in [1.82, 2.24) is 24.8 Å². The lowest BCUT2D eigenvalue weighted by Crippen LogP contribution is -2.48. The highest BCUT2D eigenvalue weighted by Crippen LogP contribution is 2.37. The van der Waals surface area contributed by atoms with Gasteiger partial charge < -0.3 is 19.6 Å². The molecule has 4 aromatic rings. The molecule has 5 rings (SSSR count). The van der Waals surface area contributed by atoms with Crippen LogP contribution in [0.1, 0.15) is 13.3 Å². The van der Waals surface area contributed by atoms with E-state index in [4.69, 9.17) is 16.3 Å². The number of amides is 1. The monoisotopic (exact) mass is 592 g/mol. The number of carbonyl (C=O) groups is 1. The largest absolute Gasteiger partial charge is 0.467 e. The number of piperazine rings is 1. The summed E-state index contributed by atoms with van der Waals surface area (Å²) in [5.41, 5.74) is 0.824. The Morgan fingerprint density at radius 3 is 2.62 bits per heavy atom. The minimum Gasteiger partial charge on any atom is -0.467 e. The van der Waals surface area contributed by atoms with Crippen molar-refractivity contribution in [1.29, 1.82) is 0 Å². The Labute approximate surface area is 249 Å². The van der Waals surface area contributed by atoms with E-state index < -0.39 is 5.82 Å². The number of methoxy groups -OCH3 is 1. The Morgan fingerprint density at radius 1 is 1.14 bits per heavy atom. The number of aliphatic hydroxyl groups excluding tert-OH is 1. The van der Waals surface area contributed by atoms with E-state index in [1.165, 1.54) is 7.11 Å². The second-order valence-electron chi connectivity index (χ2n) is 10.1. The van der Waals surface area contributed by atoms with Crippen molar-refractivity contribution in [2.45, 2.75) is 13.3 Å². The average Bonchev–Trinajstić information content (AvgIpc) is 3.01. The van der Waals surface area contributed by atoms with Gasteiger partial charge in [-0.05, 0) is 24.4 Å². The number of halogens is 2. The number of hydrogen-bond donors (Lipinski definition) is 1. The van der Waals surface area contributed by atoms with E-state index in [0.717, 1.165) is 23.7 Å². The molecule has 0 aliphatic carbocycles. The number of pyridine rings is 1. The van der Waals surface area contributed by atoms with E-state index in [1.807, 2.05) is 35.2 Å². The normalized spacial score (nSPS) is 14.0. The molecule has 2 aromatic heterocycles. The molecule has 0 radical (unpaired) electrons. The third kappa shape index (κ3) is 6.16. The molecule has 9 nitrogen and oxygen atoms in total. The lowest BCUT2D eigenvalue weighted by atomic mass is 10.0. The molecule has 1 amide bonds. The zero-order valence-electron chi connectivity index (χ0n) is 23.8. The van der Waals surface area contributed by atoms with Gasteiger partial charge in [-0.3, -0.25) is 14.7 Å². The quantitative estimate of drug-likeness (QED) is 0.268. The van der Waals surface area contributed by atoms with Crippen LogP contribution in [0.4, 0.5) is 10.2 Å². The number of benzene rings is 2. The molecule has 1 saturated heterocycles. The number of rotatable bonds is 10. The molecule has 1 aliphatic rings. The first-order valence-electron chi connectivity index (χ1n) is 14.1. The zero-order valence-corrected chi connectivity index (χ0v) is 24.5. The Balaban J connectivity index is 1.38. The van der Waals surface area contributed by atoms with E-state index in [-0.39, 0.29) is 29.7 Å². The van der Waals surface area contributed by atoms with Crippen LogP contribution < -0.4 is 9.64 Å². The minimum absolute atomic E-state index is 0.0467. The van der Waals surface area contributed by atoms with Crippen LogP contribution in [0.25, 0.3) is 32.9 Å². The highest BCUT2D eigenvalue weighted by molar-refractivity contribution is 6.36. The maximum absolute atomic E-state index is 16.2. The summed E-state index contributed by atoms with van der Waals surface area (Å²) in [5, 5.41) is 11.8. The lowest BCUT2D eigenvalue weighted by Gasteiger charge is -2.35. The molecule has 11 heteroatoms. The first-order valence-corrected chi connectivity index (χ1v) is 14.4. The van der Waals surface area contributed by atoms with E-state index in [1.54, 1.807) is 29.3 Å². The van der Waals surface area contributed by atoms with Crippen LogP contribution in [0.15, 0.2) is 54.7 Å². The van der Waals surface area contributed by atoms with Gasteiger partial charge in [0.15, 0.2) is 5.82 Å². The fourth-order valence-corrected chi connectivity index (χ4v) is 5.62. The van der Waals surface area contributed by atoms with Crippen molar-refractivity contribution >= 4 is 45.0 Å². The SMILES string of the molecule is CCCN(C/C=C/C(=O)N1CCN(c2nc(OC)nc3c(F)c(-c4cccc5cccc(Cl)c45)ncc23)CC1)CCO. The standard InChI is InChI=1S/C31H34ClFN6O3/c1-3-12-37(18-19-40)13-6-11-25(41)38-14-16-39(17-15-38)30-23-20-34-28(27(33)29(23)35-31(36-30)42-2)22-9-4-7-21-8-5-10-24(32)26(21)22/h4-11,20,40H,3,12-19H2,1-2H3/b11-6+. The molecule has 42 heavy (non-hydrogen) atoms. The Morgan fingerprint density at radius 2 is 1.90 bits per heavy atom. The summed E-state index contributed by atoms with van der Waals surface area (Å²) in [6.07, 6.45) is 6.01. The van der Waals surface area contributed by atoms with Gasteiger partial charge in [0.25, 0.3) is 0 Å². The molecule has 1 aliphatic heterocycles. The summed E-state index contributed by atoms with van der Waals surface area (Å²) >= 11 is 6.51. The Kier molecular flexibility index (Phi) is 9.46. The summed E-state index contributed by atoms with van der Waals surface area (Å²) < 4.78 is 21.5. The van der Waals surface area contributed by atoms with E-state index >= 15 is 4.39 Å². The topological polar surface area (TPSA) is 94.9 Å². The van der Waals surface area contributed by atoms with Gasteiger partial charge in [0.2, 0.25) is 5.91 Å². The number of ether oxygens (including phenoxy) is 1. The summed E-state index contributed by atoms with van der Waals surface area (Å²) in [6, 6.07) is 11.2. The van der Waals surface area contributed by atoms with Gasteiger partial charge in [-0.2, -0.15) is 9.97 Å². The second-order valence-corrected chi connectivity index (χ2v) is 10.5. The van der Waals surface area contributed by atoms with E-state index in [2.05, 4.69) is 26.8 Å². The van der Waals surface area contributed by atoms with Crippen molar-refractivity contribution in [2.75, 3.05) is 64.4 Å². The second kappa shape index (κ2) is 13.4. The number of carbonyl (C=O) groups excluding carboxylic acids is 1. The van der Waals surface area contributed by atoms with Crippen molar-refractivity contribution in [2.24, 2.45) is 0 Å². The van der Waals surface area contributed by atoms with E-state index in [9.17, 15) is 9.90 Å². The number of nitrogens with zero attached hydrogens (tertiary/aromatic N) is 6. The first kappa shape index (κ1) is 29.6. The van der Waals surface area contributed by atoms with Crippen LogP contribution >= 0.6 is 11.6 Å². The predicted octanol–water partition coefficient (Wildman–Crippen LogP) is 4.56. The van der Waals surface area contributed by atoms with Gasteiger partial charge in [-0.1, -0.05) is 54.9 Å². The lowest BCUT2D eigenvalue weighted by molar-refractivity contribution is -0.126. The van der Waals surface area contributed by atoms with Crippen LogP contribution in [-0.2, 0) is 4.79 Å². The fraction of sp³-hybridized carbons (Fsp3) is 0.355. The maximum Gasteiger partial charge on any atom is 0.318 e. The molecule has 0 spiro atoms. The van der Waals surface area contributed by atoms with Gasteiger partial charge >= 0.3 is 6.01 Å². The Hall–Kier alpha value is -3.86. The van der Waals surface area contributed by atoms with Gasteiger partial charge in [0.1, 0.15) is 17.0 Å². The number of anilines is 1. The van der Waals surface area contributed by atoms with Crippen LogP contribution in [0.3, 0.4) is 0 Å². The molecule has 220 valence electrons. The molecule has 0 unspecified atom stereocenters. The fourth-order valence-electron chi connectivity index (χ4n) is 5.33. The minimum atomic E-state index is -0.584. The highest BCUT2D eigenvalue weighted by atomic mass is 35.5. The molecule has 2 aromatic carbocycles. The van der Waals surface area contributed by atoms with Crippen molar-refractivity contribution < 1.29 is 19.0 Å². The van der Waals surface area contributed by atoms with Crippen LogP contribution in [0, 0.1) is 5.82 Å². The molecular formula is C31H34ClFN6O3. The molecule has 0 saturated carbocycles. The van der Waals surface area contributed by atoms with Crippen molar-refractivity contribution in [3.63, 3.8) is 0 Å². The first-order chi connectivity index (χ1) is 20.4. The van der Waals surface area contributed by atoms with Gasteiger partial charge in [-0.15, -0.1) is 0 Å². The van der Waals surface area contributed by atoms with Crippen LogP contribution in [-0.4, -0.2) is 95.3 Å². The summed E-state index contributed by atoms with van der Waals surface area (Å²) in [7, 11) is 1.45. The van der Waals surface area contributed by atoms with Gasteiger partial charge in [0, 0.05) is 67.5 Å². The Bertz CT molecular complexity index is 1600. The predicted molar refractivity (Wildman–Crippen MR) is 164 cm³/mol. The van der Waals surface area contributed by atoms with Crippen LogP contribution in [0.2, 0.25) is 5.02 Å². The maximum atomic E-state index is 16.2. The third-order valence-corrected chi connectivity index (χ3v) is 7.72. The number of aromatic nitrogens is 3. The summed E-state index contributed by atoms with van der Waals surface area (Å²) in [6.45, 7) is 6.19. The number of fused-ring (bicyclic) bond motifs is 2. The zero-order chi connectivity index (χ0) is 29.6. The summed E-state index contributed by atoms with van der Waals surface area (Å²) in [5.74, 6) is -0.141. The van der Waals surface area contributed by atoms with Crippen LogP contribution in [0.5, 0.6) is 6.01 Å². The molecule has 1 fully saturated rings. The van der Waals surface area contributed by atoms with Gasteiger partial charge in [-0.25, -0.2) is 4.39 Å². The molecular weight excluding hydrogens is 559 g/mol. The molecule has 1 N–H and O–H groups in total. The summed E-state index contributed by atoms with van der Waals surface area (Å²) in [4.78, 5) is 32.1. The number of aliphatic hydroxyl groups is 1. The van der Waals surface area contributed by atoms with Crippen molar-refractivity contribution in [3.05, 3.63) is 65.6 Å². The molecule has 0 bridgehead atoms. The third-order valence-electron chi connectivity index (χ3n) is 7.41. The average molecular weight is 593 g/mol. The highest BCUT2D eigenvalue weighted by Gasteiger charge is 2.25. The molecule has 0 atom stereocenters. The molecule has 3 heterocycles.